The average Bonchev–Trinajstić information content (AvgIpc) is 2.87. The summed E-state index contributed by atoms with van der Waals surface area (Å²) < 4.78 is 5.66. The third-order valence-electron chi connectivity index (χ3n) is 4.62. The van der Waals surface area contributed by atoms with Gasteiger partial charge in [0.1, 0.15) is 0 Å². The van der Waals surface area contributed by atoms with Gasteiger partial charge in [-0.05, 0) is 27.6 Å². The first-order valence-electron chi connectivity index (χ1n) is 7.95. The van der Waals surface area contributed by atoms with Crippen molar-refractivity contribution in [3.05, 3.63) is 0 Å². The van der Waals surface area contributed by atoms with Crippen molar-refractivity contribution in [3.63, 3.8) is 0 Å². The maximum absolute atomic E-state index is 5.66. The molecule has 0 spiro atoms. The Bertz CT molecular complexity index is 271. The van der Waals surface area contributed by atoms with Gasteiger partial charge in [-0.1, -0.05) is 0 Å². The molecule has 5 nitrogen and oxygen atoms in total. The van der Waals surface area contributed by atoms with Crippen molar-refractivity contribution < 1.29 is 4.74 Å². The Balaban J connectivity index is 1.73. The van der Waals surface area contributed by atoms with Gasteiger partial charge in [0, 0.05) is 64.4 Å². The second-order valence-electron chi connectivity index (χ2n) is 6.75. The van der Waals surface area contributed by atoms with Crippen LogP contribution in [0.15, 0.2) is 0 Å². The van der Waals surface area contributed by atoms with Gasteiger partial charge in [0.25, 0.3) is 0 Å². The van der Waals surface area contributed by atoms with E-state index in [0.29, 0.717) is 5.41 Å². The van der Waals surface area contributed by atoms with Crippen LogP contribution in [-0.4, -0.2) is 101 Å². The van der Waals surface area contributed by atoms with Gasteiger partial charge in [0.2, 0.25) is 0 Å². The van der Waals surface area contributed by atoms with E-state index in [0.717, 1.165) is 26.3 Å². The van der Waals surface area contributed by atoms with Crippen molar-refractivity contribution in [2.24, 2.45) is 5.41 Å². The van der Waals surface area contributed by atoms with E-state index in [9.17, 15) is 0 Å². The molecule has 118 valence electrons. The third-order valence-corrected chi connectivity index (χ3v) is 4.62. The Labute approximate surface area is 124 Å². The molecule has 5 heteroatoms. The highest BCUT2D eigenvalue weighted by Gasteiger charge is 2.36. The van der Waals surface area contributed by atoms with Gasteiger partial charge in [-0.15, -0.1) is 0 Å². The Morgan fingerprint density at radius 1 is 1.15 bits per heavy atom. The topological polar surface area (TPSA) is 31.0 Å². The summed E-state index contributed by atoms with van der Waals surface area (Å²) >= 11 is 0. The van der Waals surface area contributed by atoms with Crippen molar-refractivity contribution in [2.75, 3.05) is 86.7 Å². The smallest absolute Gasteiger partial charge is 0.0547 e. The van der Waals surface area contributed by atoms with Crippen molar-refractivity contribution in [2.45, 2.75) is 6.42 Å². The monoisotopic (exact) mass is 284 g/mol. The fraction of sp³-hybridized carbons (Fsp3) is 1.00. The minimum Gasteiger partial charge on any atom is -0.381 e. The highest BCUT2D eigenvalue weighted by molar-refractivity contribution is 4.89. The molecule has 2 rings (SSSR count). The van der Waals surface area contributed by atoms with Crippen LogP contribution in [0.1, 0.15) is 6.42 Å². The molecule has 1 unspecified atom stereocenters. The number of ether oxygens (including phenoxy) is 1. The van der Waals surface area contributed by atoms with E-state index in [1.54, 1.807) is 0 Å². The molecule has 1 atom stereocenters. The average molecular weight is 284 g/mol. The van der Waals surface area contributed by atoms with Gasteiger partial charge in [0.05, 0.1) is 6.61 Å². The van der Waals surface area contributed by atoms with E-state index in [1.807, 2.05) is 0 Å². The van der Waals surface area contributed by atoms with Crippen LogP contribution in [0, 0.1) is 5.41 Å². The Morgan fingerprint density at radius 2 is 1.85 bits per heavy atom. The standard InChI is InChI=1S/C15H32N4O/c1-16-12-15(4-11-20-14-15)13-19-9-7-18(8-10-19)6-5-17(2)3/h16H,4-14H2,1-3H3. The molecule has 0 bridgehead atoms. The maximum atomic E-state index is 5.66. The summed E-state index contributed by atoms with van der Waals surface area (Å²) in [5.41, 5.74) is 0.348. The van der Waals surface area contributed by atoms with Crippen molar-refractivity contribution in [3.8, 4) is 0 Å². The number of nitrogens with one attached hydrogen (secondary N) is 1. The number of hydrogen-bond donors (Lipinski definition) is 1. The fourth-order valence-electron chi connectivity index (χ4n) is 3.33. The highest BCUT2D eigenvalue weighted by Crippen LogP contribution is 2.29. The van der Waals surface area contributed by atoms with Crippen LogP contribution >= 0.6 is 0 Å². The number of hydrogen-bond acceptors (Lipinski definition) is 5. The van der Waals surface area contributed by atoms with Crippen molar-refractivity contribution in [1.29, 1.82) is 0 Å². The molecule has 20 heavy (non-hydrogen) atoms. The molecule has 0 aromatic heterocycles. The van der Waals surface area contributed by atoms with Gasteiger partial charge in [0.15, 0.2) is 0 Å². The zero-order chi connectivity index (χ0) is 14.4. The van der Waals surface area contributed by atoms with E-state index >= 15 is 0 Å². The Kier molecular flexibility index (Phi) is 6.23. The zero-order valence-electron chi connectivity index (χ0n) is 13.5. The maximum Gasteiger partial charge on any atom is 0.0547 e. The van der Waals surface area contributed by atoms with Crippen LogP contribution in [0.25, 0.3) is 0 Å². The first-order chi connectivity index (χ1) is 9.63. The summed E-state index contributed by atoms with van der Waals surface area (Å²) in [6.45, 7) is 11.3. The lowest BCUT2D eigenvalue weighted by molar-refractivity contribution is 0.0700. The van der Waals surface area contributed by atoms with E-state index in [2.05, 4.69) is 41.2 Å². The Morgan fingerprint density at radius 3 is 2.40 bits per heavy atom. The highest BCUT2D eigenvalue weighted by atomic mass is 16.5. The van der Waals surface area contributed by atoms with Crippen molar-refractivity contribution >= 4 is 0 Å². The minimum absolute atomic E-state index is 0.348. The fourth-order valence-corrected chi connectivity index (χ4v) is 3.33. The molecule has 0 radical (unpaired) electrons. The number of rotatable bonds is 7. The summed E-state index contributed by atoms with van der Waals surface area (Å²) in [5, 5.41) is 3.36. The molecular formula is C15H32N4O. The van der Waals surface area contributed by atoms with Gasteiger partial charge < -0.3 is 19.9 Å². The summed E-state index contributed by atoms with van der Waals surface area (Å²) in [7, 11) is 6.36. The summed E-state index contributed by atoms with van der Waals surface area (Å²) in [6, 6.07) is 0. The molecule has 0 amide bonds. The molecule has 0 aromatic carbocycles. The lowest BCUT2D eigenvalue weighted by Crippen LogP contribution is -2.52. The molecule has 2 aliphatic heterocycles. The predicted molar refractivity (Wildman–Crippen MR) is 83.2 cm³/mol. The third kappa shape index (κ3) is 4.67. The van der Waals surface area contributed by atoms with Crippen LogP contribution in [0.2, 0.25) is 0 Å². The lowest BCUT2D eigenvalue weighted by atomic mass is 9.86. The van der Waals surface area contributed by atoms with Crippen LogP contribution in [0.3, 0.4) is 0 Å². The van der Waals surface area contributed by atoms with Gasteiger partial charge in [-0.3, -0.25) is 4.90 Å². The zero-order valence-corrected chi connectivity index (χ0v) is 13.5. The molecule has 2 fully saturated rings. The van der Waals surface area contributed by atoms with E-state index in [-0.39, 0.29) is 0 Å². The summed E-state index contributed by atoms with van der Waals surface area (Å²) in [6.07, 6.45) is 1.20. The Hall–Kier alpha value is -0.200. The molecule has 2 heterocycles. The minimum atomic E-state index is 0.348. The van der Waals surface area contributed by atoms with Crippen molar-refractivity contribution in [1.82, 2.24) is 20.0 Å². The van der Waals surface area contributed by atoms with Gasteiger partial charge in [-0.2, -0.15) is 0 Å². The van der Waals surface area contributed by atoms with Crippen LogP contribution < -0.4 is 5.32 Å². The molecule has 1 N–H and O–H groups in total. The normalized spacial score (nSPS) is 29.4. The summed E-state index contributed by atoms with van der Waals surface area (Å²) in [4.78, 5) is 7.49. The number of piperazine rings is 1. The molecule has 0 aromatic rings. The van der Waals surface area contributed by atoms with E-state index in [1.165, 1.54) is 45.7 Å². The largest absolute Gasteiger partial charge is 0.381 e. The summed E-state index contributed by atoms with van der Waals surface area (Å²) in [5.74, 6) is 0. The van der Waals surface area contributed by atoms with E-state index < -0.39 is 0 Å². The second kappa shape index (κ2) is 7.71. The molecule has 0 aliphatic carbocycles. The molecular weight excluding hydrogens is 252 g/mol. The van der Waals surface area contributed by atoms with Gasteiger partial charge >= 0.3 is 0 Å². The van der Waals surface area contributed by atoms with Crippen LogP contribution in [0.5, 0.6) is 0 Å². The number of nitrogens with zero attached hydrogens (tertiary/aromatic N) is 3. The van der Waals surface area contributed by atoms with Crippen LogP contribution in [-0.2, 0) is 4.74 Å². The second-order valence-corrected chi connectivity index (χ2v) is 6.75. The van der Waals surface area contributed by atoms with E-state index in [4.69, 9.17) is 4.74 Å². The first kappa shape index (κ1) is 16.2. The number of likely N-dealkylation sites (N-methyl/N-ethyl adjacent to an activating group) is 1. The predicted octanol–water partition coefficient (Wildman–Crippen LogP) is -0.208. The lowest BCUT2D eigenvalue weighted by Gasteiger charge is -2.40. The first-order valence-corrected chi connectivity index (χ1v) is 7.95. The van der Waals surface area contributed by atoms with Crippen LogP contribution in [0.4, 0.5) is 0 Å². The molecule has 0 saturated carbocycles. The molecule has 2 aliphatic rings. The molecule has 2 saturated heterocycles. The quantitative estimate of drug-likeness (QED) is 0.699. The van der Waals surface area contributed by atoms with Gasteiger partial charge in [-0.25, -0.2) is 0 Å². The SMILES string of the molecule is CNCC1(CN2CCN(CCN(C)C)CC2)CCOC1.